The number of ether oxygens (including phenoxy) is 1. The molecule has 3 nitrogen and oxygen atoms in total. The Kier molecular flexibility index (Phi) is 5.07. The summed E-state index contributed by atoms with van der Waals surface area (Å²) < 4.78 is 6.70. The van der Waals surface area contributed by atoms with Gasteiger partial charge in [-0.2, -0.15) is 0 Å². The van der Waals surface area contributed by atoms with Crippen LogP contribution in [0.2, 0.25) is 5.02 Å². The lowest BCUT2D eigenvalue weighted by Crippen LogP contribution is -2.12. The molecule has 2 aromatic rings. The number of nitrogens with one attached hydrogen (secondary N) is 1. The molecular weight excluding hydrogens is 409 g/mol. The van der Waals surface area contributed by atoms with Crippen molar-refractivity contribution in [2.24, 2.45) is 0 Å². The zero-order chi connectivity index (χ0) is 14.7. The van der Waals surface area contributed by atoms with Gasteiger partial charge in [0.1, 0.15) is 5.75 Å². The van der Waals surface area contributed by atoms with E-state index in [1.54, 1.807) is 37.4 Å². The highest BCUT2D eigenvalue weighted by molar-refractivity contribution is 9.10. The zero-order valence-electron chi connectivity index (χ0n) is 10.4. The Morgan fingerprint density at radius 1 is 1.20 bits per heavy atom. The topological polar surface area (TPSA) is 38.3 Å². The summed E-state index contributed by atoms with van der Waals surface area (Å²) in [4.78, 5) is 12.2. The van der Waals surface area contributed by atoms with E-state index in [9.17, 15) is 4.79 Å². The van der Waals surface area contributed by atoms with Crippen molar-refractivity contribution in [1.29, 1.82) is 0 Å². The number of hydrogen-bond donors (Lipinski definition) is 1. The number of methoxy groups -OCH3 is 1. The fourth-order valence-corrected chi connectivity index (χ4v) is 2.85. The van der Waals surface area contributed by atoms with Crippen molar-refractivity contribution in [3.63, 3.8) is 0 Å². The van der Waals surface area contributed by atoms with Crippen LogP contribution in [0.4, 0.5) is 5.69 Å². The van der Waals surface area contributed by atoms with E-state index in [1.165, 1.54) is 0 Å². The second kappa shape index (κ2) is 6.61. The molecule has 104 valence electrons. The Hall–Kier alpha value is -1.04. The summed E-state index contributed by atoms with van der Waals surface area (Å²) in [7, 11) is 1.57. The lowest BCUT2D eigenvalue weighted by molar-refractivity contribution is 0.102. The Balaban J connectivity index is 2.21. The van der Waals surface area contributed by atoms with Crippen LogP contribution in [0.1, 0.15) is 10.4 Å². The first-order valence-electron chi connectivity index (χ1n) is 5.61. The number of amides is 1. The van der Waals surface area contributed by atoms with Crippen molar-refractivity contribution < 1.29 is 9.53 Å². The maximum Gasteiger partial charge on any atom is 0.255 e. The highest BCUT2D eigenvalue weighted by Crippen LogP contribution is 2.28. The van der Waals surface area contributed by atoms with E-state index in [0.29, 0.717) is 22.0 Å². The highest BCUT2D eigenvalue weighted by atomic mass is 79.9. The lowest BCUT2D eigenvalue weighted by atomic mass is 10.2. The van der Waals surface area contributed by atoms with Gasteiger partial charge in [-0.3, -0.25) is 4.79 Å². The summed E-state index contributed by atoms with van der Waals surface area (Å²) in [6.07, 6.45) is 0. The number of anilines is 1. The zero-order valence-corrected chi connectivity index (χ0v) is 14.3. The number of halogens is 3. The van der Waals surface area contributed by atoms with Crippen LogP contribution in [0.15, 0.2) is 45.3 Å². The number of carbonyl (C=O) groups is 1. The van der Waals surface area contributed by atoms with E-state index in [4.69, 9.17) is 16.3 Å². The van der Waals surface area contributed by atoms with Gasteiger partial charge in [-0.25, -0.2) is 0 Å². The molecule has 0 saturated carbocycles. The van der Waals surface area contributed by atoms with Crippen molar-refractivity contribution in [2.75, 3.05) is 12.4 Å². The van der Waals surface area contributed by atoms with Gasteiger partial charge in [-0.1, -0.05) is 27.5 Å². The molecule has 2 aromatic carbocycles. The molecule has 0 aromatic heterocycles. The Morgan fingerprint density at radius 3 is 2.55 bits per heavy atom. The monoisotopic (exact) mass is 417 g/mol. The van der Waals surface area contributed by atoms with Crippen molar-refractivity contribution in [3.05, 3.63) is 55.9 Å². The average molecular weight is 420 g/mol. The molecule has 0 aliphatic rings. The van der Waals surface area contributed by atoms with Gasteiger partial charge < -0.3 is 10.1 Å². The fraction of sp³-hybridized carbons (Fsp3) is 0.0714. The first-order chi connectivity index (χ1) is 9.51. The largest absolute Gasteiger partial charge is 0.496 e. The van der Waals surface area contributed by atoms with Gasteiger partial charge in [0.2, 0.25) is 0 Å². The minimum Gasteiger partial charge on any atom is -0.496 e. The minimum atomic E-state index is -0.238. The van der Waals surface area contributed by atoms with E-state index < -0.39 is 0 Å². The van der Waals surface area contributed by atoms with Crippen LogP contribution in [0, 0.1) is 0 Å². The van der Waals surface area contributed by atoms with Gasteiger partial charge in [-0.05, 0) is 52.3 Å². The molecule has 2 rings (SSSR count). The third-order valence-electron chi connectivity index (χ3n) is 2.59. The SMILES string of the molecule is COc1ccc(C(=O)Nc2ccc(Br)cc2Cl)cc1Br. The third kappa shape index (κ3) is 3.53. The number of benzene rings is 2. The van der Waals surface area contributed by atoms with E-state index in [1.807, 2.05) is 6.07 Å². The van der Waals surface area contributed by atoms with Gasteiger partial charge in [0, 0.05) is 10.0 Å². The quantitative estimate of drug-likeness (QED) is 0.749. The molecule has 20 heavy (non-hydrogen) atoms. The van der Waals surface area contributed by atoms with Crippen molar-refractivity contribution >= 4 is 55.1 Å². The Bertz CT molecular complexity index is 662. The van der Waals surface area contributed by atoms with Crippen molar-refractivity contribution in [1.82, 2.24) is 0 Å². The summed E-state index contributed by atoms with van der Waals surface area (Å²) in [5.74, 6) is 0.431. The molecule has 6 heteroatoms. The van der Waals surface area contributed by atoms with Crippen LogP contribution in [0.3, 0.4) is 0 Å². The van der Waals surface area contributed by atoms with Gasteiger partial charge in [0.25, 0.3) is 5.91 Å². The predicted octanol–water partition coefficient (Wildman–Crippen LogP) is 5.13. The molecule has 0 bridgehead atoms. The summed E-state index contributed by atoms with van der Waals surface area (Å²) in [5, 5.41) is 3.24. The van der Waals surface area contributed by atoms with Crippen LogP contribution in [0.25, 0.3) is 0 Å². The first kappa shape index (κ1) is 15.4. The molecule has 1 amide bonds. The van der Waals surface area contributed by atoms with Crippen LogP contribution in [0.5, 0.6) is 5.75 Å². The maximum absolute atomic E-state index is 12.2. The standard InChI is InChI=1S/C14H10Br2ClNO2/c1-20-13-5-2-8(6-10(13)16)14(19)18-12-4-3-9(15)7-11(12)17/h2-7H,1H3,(H,18,19). The Labute approximate surface area is 138 Å². The summed E-state index contributed by atoms with van der Waals surface area (Å²) in [5.41, 5.74) is 1.07. The van der Waals surface area contributed by atoms with Gasteiger partial charge in [-0.15, -0.1) is 0 Å². The summed E-state index contributed by atoms with van der Waals surface area (Å²) >= 11 is 12.7. The van der Waals surface area contributed by atoms with Crippen LogP contribution < -0.4 is 10.1 Å². The molecule has 0 heterocycles. The second-order valence-electron chi connectivity index (χ2n) is 3.93. The number of rotatable bonds is 3. The number of hydrogen-bond acceptors (Lipinski definition) is 2. The molecule has 0 aliphatic carbocycles. The van der Waals surface area contributed by atoms with Gasteiger partial charge >= 0.3 is 0 Å². The minimum absolute atomic E-state index is 0.238. The molecule has 0 radical (unpaired) electrons. The normalized spacial score (nSPS) is 10.2. The van der Waals surface area contributed by atoms with Gasteiger partial charge in [0.05, 0.1) is 22.3 Å². The molecule has 1 N–H and O–H groups in total. The van der Waals surface area contributed by atoms with Crippen LogP contribution >= 0.6 is 43.5 Å². The van der Waals surface area contributed by atoms with E-state index in [0.717, 1.165) is 8.95 Å². The first-order valence-corrected chi connectivity index (χ1v) is 7.57. The van der Waals surface area contributed by atoms with Crippen LogP contribution in [-0.2, 0) is 0 Å². The lowest BCUT2D eigenvalue weighted by Gasteiger charge is -2.09. The fourth-order valence-electron chi connectivity index (χ4n) is 1.59. The second-order valence-corrected chi connectivity index (χ2v) is 6.10. The maximum atomic E-state index is 12.2. The molecule has 0 unspecified atom stereocenters. The molecule has 0 atom stereocenters. The molecule has 0 saturated heterocycles. The molecular formula is C14H10Br2ClNO2. The summed E-state index contributed by atoms with van der Waals surface area (Å²) in [6, 6.07) is 10.4. The van der Waals surface area contributed by atoms with E-state index in [2.05, 4.69) is 37.2 Å². The third-order valence-corrected chi connectivity index (χ3v) is 4.02. The van der Waals surface area contributed by atoms with Gasteiger partial charge in [0.15, 0.2) is 0 Å². The molecule has 0 spiro atoms. The predicted molar refractivity (Wildman–Crippen MR) is 87.8 cm³/mol. The smallest absolute Gasteiger partial charge is 0.255 e. The number of carbonyl (C=O) groups excluding carboxylic acids is 1. The van der Waals surface area contributed by atoms with Crippen molar-refractivity contribution in [2.45, 2.75) is 0 Å². The van der Waals surface area contributed by atoms with E-state index in [-0.39, 0.29) is 5.91 Å². The van der Waals surface area contributed by atoms with E-state index >= 15 is 0 Å². The average Bonchev–Trinajstić information content (AvgIpc) is 2.41. The molecule has 0 fully saturated rings. The van der Waals surface area contributed by atoms with Crippen molar-refractivity contribution in [3.8, 4) is 5.75 Å². The summed E-state index contributed by atoms with van der Waals surface area (Å²) in [6.45, 7) is 0. The highest BCUT2D eigenvalue weighted by Gasteiger charge is 2.11. The molecule has 0 aliphatic heterocycles. The van der Waals surface area contributed by atoms with Crippen LogP contribution in [-0.4, -0.2) is 13.0 Å². The Morgan fingerprint density at radius 2 is 1.95 bits per heavy atom.